The summed E-state index contributed by atoms with van der Waals surface area (Å²) >= 11 is 0. The largest absolute Gasteiger partial charge is 0.368 e. The molecule has 0 radical (unpaired) electrons. The molecule has 2 aliphatic heterocycles. The average molecular weight is 211 g/mol. The van der Waals surface area contributed by atoms with Crippen molar-refractivity contribution in [1.29, 1.82) is 0 Å². The van der Waals surface area contributed by atoms with Crippen molar-refractivity contribution in [3.05, 3.63) is 0 Å². The van der Waals surface area contributed by atoms with E-state index in [1.807, 2.05) is 6.92 Å². The minimum atomic E-state index is -0.310. The van der Waals surface area contributed by atoms with Crippen LogP contribution in [0.25, 0.3) is 0 Å². The first kappa shape index (κ1) is 10.4. The van der Waals surface area contributed by atoms with Crippen molar-refractivity contribution in [2.45, 2.75) is 31.8 Å². The molecule has 0 aromatic carbocycles. The van der Waals surface area contributed by atoms with E-state index in [0.717, 1.165) is 19.4 Å². The van der Waals surface area contributed by atoms with Crippen LogP contribution in [-0.4, -0.2) is 41.9 Å². The lowest BCUT2D eigenvalue weighted by Crippen LogP contribution is -2.53. The van der Waals surface area contributed by atoms with Crippen LogP contribution in [0.4, 0.5) is 0 Å². The minimum Gasteiger partial charge on any atom is -0.368 e. The molecule has 0 spiro atoms. The first-order chi connectivity index (χ1) is 7.11. The highest BCUT2D eigenvalue weighted by atomic mass is 16.2. The number of carbonyl (C=O) groups excluding carboxylic acids is 2. The molecule has 2 amide bonds. The molecule has 2 aliphatic rings. The smallest absolute Gasteiger partial charge is 0.234 e. The van der Waals surface area contributed by atoms with Crippen molar-refractivity contribution >= 4 is 11.8 Å². The summed E-state index contributed by atoms with van der Waals surface area (Å²) < 4.78 is 0. The second-order valence-electron chi connectivity index (χ2n) is 4.38. The zero-order valence-electron chi connectivity index (χ0n) is 8.90. The molecule has 15 heavy (non-hydrogen) atoms. The highest BCUT2D eigenvalue weighted by molar-refractivity contribution is 5.83. The van der Waals surface area contributed by atoms with Crippen LogP contribution in [0.2, 0.25) is 0 Å². The van der Waals surface area contributed by atoms with Gasteiger partial charge in [-0.1, -0.05) is 0 Å². The Balaban J connectivity index is 2.12. The van der Waals surface area contributed by atoms with Crippen molar-refractivity contribution in [1.82, 2.24) is 10.2 Å². The summed E-state index contributed by atoms with van der Waals surface area (Å²) in [7, 11) is 0. The van der Waals surface area contributed by atoms with E-state index in [1.54, 1.807) is 0 Å². The topological polar surface area (TPSA) is 75.4 Å². The number of nitrogens with zero attached hydrogens (tertiary/aromatic N) is 1. The van der Waals surface area contributed by atoms with Crippen LogP contribution in [0, 0.1) is 5.92 Å². The third kappa shape index (κ3) is 1.71. The van der Waals surface area contributed by atoms with Crippen molar-refractivity contribution < 1.29 is 9.59 Å². The Hall–Kier alpha value is -1.10. The van der Waals surface area contributed by atoms with Gasteiger partial charge >= 0.3 is 0 Å². The fraction of sp³-hybridized carbons (Fsp3) is 0.800. The Bertz CT molecular complexity index is 292. The van der Waals surface area contributed by atoms with E-state index in [1.165, 1.54) is 0 Å². The van der Waals surface area contributed by atoms with Crippen molar-refractivity contribution in [2.24, 2.45) is 11.7 Å². The van der Waals surface area contributed by atoms with Crippen molar-refractivity contribution in [2.75, 3.05) is 13.1 Å². The minimum absolute atomic E-state index is 0.0561. The van der Waals surface area contributed by atoms with Crippen LogP contribution in [-0.2, 0) is 9.59 Å². The Morgan fingerprint density at radius 2 is 2.40 bits per heavy atom. The van der Waals surface area contributed by atoms with Gasteiger partial charge in [-0.3, -0.25) is 14.5 Å². The van der Waals surface area contributed by atoms with E-state index in [-0.39, 0.29) is 29.8 Å². The molecule has 0 aromatic rings. The molecule has 0 aliphatic carbocycles. The molecule has 0 aromatic heterocycles. The number of primary amides is 1. The molecule has 84 valence electrons. The second kappa shape index (κ2) is 3.81. The van der Waals surface area contributed by atoms with Gasteiger partial charge in [-0.15, -0.1) is 0 Å². The number of hydrogen-bond donors (Lipinski definition) is 2. The molecule has 2 heterocycles. The number of amides is 2. The predicted molar refractivity (Wildman–Crippen MR) is 54.9 cm³/mol. The summed E-state index contributed by atoms with van der Waals surface area (Å²) in [4.78, 5) is 24.7. The fourth-order valence-corrected chi connectivity index (χ4v) is 2.63. The number of likely N-dealkylation sites (tertiary alicyclic amines) is 1. The first-order valence-corrected chi connectivity index (χ1v) is 5.44. The van der Waals surface area contributed by atoms with Crippen LogP contribution in [0.5, 0.6) is 0 Å². The Kier molecular flexibility index (Phi) is 2.65. The lowest BCUT2D eigenvalue weighted by atomic mass is 9.90. The Labute approximate surface area is 89.0 Å². The van der Waals surface area contributed by atoms with Crippen LogP contribution >= 0.6 is 0 Å². The molecule has 3 atom stereocenters. The van der Waals surface area contributed by atoms with Crippen LogP contribution in [0.3, 0.4) is 0 Å². The number of piperidine rings is 1. The molecule has 5 nitrogen and oxygen atoms in total. The number of carbonyl (C=O) groups is 2. The van der Waals surface area contributed by atoms with E-state index in [4.69, 9.17) is 5.73 Å². The van der Waals surface area contributed by atoms with Gasteiger partial charge in [-0.2, -0.15) is 0 Å². The number of fused-ring (bicyclic) bond motifs is 1. The zero-order valence-corrected chi connectivity index (χ0v) is 8.90. The molecular weight excluding hydrogens is 194 g/mol. The lowest BCUT2D eigenvalue weighted by molar-refractivity contribution is -0.128. The summed E-state index contributed by atoms with van der Waals surface area (Å²) in [5, 5.41) is 2.85. The van der Waals surface area contributed by atoms with Gasteiger partial charge in [0.1, 0.15) is 0 Å². The maximum absolute atomic E-state index is 11.5. The van der Waals surface area contributed by atoms with E-state index in [0.29, 0.717) is 6.54 Å². The molecular formula is C10H17N3O2. The molecule has 2 fully saturated rings. The lowest BCUT2D eigenvalue weighted by Gasteiger charge is -2.38. The van der Waals surface area contributed by atoms with Gasteiger partial charge in [0.2, 0.25) is 11.8 Å². The summed E-state index contributed by atoms with van der Waals surface area (Å²) in [6.45, 7) is 3.33. The standard InChI is InChI=1S/C10H17N3O2/c1-6(9(11)14)13-4-2-3-7-8(13)5-12-10(7)15/h6-8H,2-5H2,1H3,(H2,11,14)(H,12,15). The number of hydrogen-bond acceptors (Lipinski definition) is 3. The van der Waals surface area contributed by atoms with E-state index in [9.17, 15) is 9.59 Å². The Morgan fingerprint density at radius 3 is 3.07 bits per heavy atom. The van der Waals surface area contributed by atoms with Crippen LogP contribution < -0.4 is 11.1 Å². The molecule has 2 rings (SSSR count). The molecule has 2 saturated heterocycles. The molecule has 5 heteroatoms. The van der Waals surface area contributed by atoms with Gasteiger partial charge in [0.25, 0.3) is 0 Å². The first-order valence-electron chi connectivity index (χ1n) is 5.44. The summed E-state index contributed by atoms with van der Waals surface area (Å²) in [6, 6.07) is -0.112. The summed E-state index contributed by atoms with van der Waals surface area (Å²) in [6.07, 6.45) is 1.89. The third-order valence-electron chi connectivity index (χ3n) is 3.55. The van der Waals surface area contributed by atoms with Gasteiger partial charge in [0.05, 0.1) is 12.0 Å². The highest BCUT2D eigenvalue weighted by Gasteiger charge is 2.42. The molecule has 0 bridgehead atoms. The molecule has 3 N–H and O–H groups in total. The van der Waals surface area contributed by atoms with Crippen molar-refractivity contribution in [3.63, 3.8) is 0 Å². The number of nitrogens with one attached hydrogen (secondary N) is 1. The summed E-state index contributed by atoms with van der Waals surface area (Å²) in [5.74, 6) is -0.128. The second-order valence-corrected chi connectivity index (χ2v) is 4.38. The van der Waals surface area contributed by atoms with Gasteiger partial charge in [-0.05, 0) is 26.3 Å². The SMILES string of the molecule is CC(C(N)=O)N1CCCC2C(=O)NCC21. The van der Waals surface area contributed by atoms with E-state index in [2.05, 4.69) is 10.2 Å². The van der Waals surface area contributed by atoms with Gasteiger partial charge in [0, 0.05) is 12.6 Å². The zero-order chi connectivity index (χ0) is 11.0. The molecule has 0 saturated carbocycles. The maximum atomic E-state index is 11.5. The van der Waals surface area contributed by atoms with Gasteiger partial charge < -0.3 is 11.1 Å². The van der Waals surface area contributed by atoms with Crippen LogP contribution in [0.15, 0.2) is 0 Å². The number of nitrogens with two attached hydrogens (primary N) is 1. The highest BCUT2D eigenvalue weighted by Crippen LogP contribution is 2.28. The quantitative estimate of drug-likeness (QED) is 0.619. The molecule has 3 unspecified atom stereocenters. The fourth-order valence-electron chi connectivity index (χ4n) is 2.63. The monoisotopic (exact) mass is 211 g/mol. The van der Waals surface area contributed by atoms with Crippen LogP contribution in [0.1, 0.15) is 19.8 Å². The normalized spacial score (nSPS) is 33.3. The maximum Gasteiger partial charge on any atom is 0.234 e. The van der Waals surface area contributed by atoms with Gasteiger partial charge in [0.15, 0.2) is 0 Å². The third-order valence-corrected chi connectivity index (χ3v) is 3.55. The Morgan fingerprint density at radius 1 is 1.67 bits per heavy atom. The number of rotatable bonds is 2. The van der Waals surface area contributed by atoms with E-state index >= 15 is 0 Å². The van der Waals surface area contributed by atoms with E-state index < -0.39 is 0 Å². The average Bonchev–Trinajstić information content (AvgIpc) is 2.59. The van der Waals surface area contributed by atoms with Gasteiger partial charge in [-0.25, -0.2) is 0 Å². The summed E-state index contributed by atoms with van der Waals surface area (Å²) in [5.41, 5.74) is 5.30. The predicted octanol–water partition coefficient (Wildman–Crippen LogP) is -0.929. The van der Waals surface area contributed by atoms with Crippen molar-refractivity contribution in [3.8, 4) is 0 Å².